The van der Waals surface area contributed by atoms with Crippen molar-refractivity contribution in [2.24, 2.45) is 5.92 Å². The van der Waals surface area contributed by atoms with Gasteiger partial charge in [-0.25, -0.2) is 0 Å². The molecule has 1 fully saturated rings. The van der Waals surface area contributed by atoms with Gasteiger partial charge in [0.05, 0.1) is 5.92 Å². The Hall–Kier alpha value is -3.55. The van der Waals surface area contributed by atoms with Crippen LogP contribution in [-0.2, 0) is 14.4 Å². The highest BCUT2D eigenvalue weighted by Gasteiger charge is 2.35. The number of ether oxygens (including phenoxy) is 2. The molecule has 0 unspecified atom stereocenters. The van der Waals surface area contributed by atoms with Crippen molar-refractivity contribution in [2.75, 3.05) is 35.3 Å². The first-order valence-corrected chi connectivity index (χ1v) is 9.38. The number of nitrogens with zero attached hydrogens (tertiary/aromatic N) is 1. The maximum Gasteiger partial charge on any atom is 0.229 e. The summed E-state index contributed by atoms with van der Waals surface area (Å²) in [5, 5.41) is 5.55. The van der Waals surface area contributed by atoms with Crippen molar-refractivity contribution in [2.45, 2.75) is 13.3 Å². The molecule has 0 aromatic heterocycles. The lowest BCUT2D eigenvalue weighted by molar-refractivity contribution is -0.122. The Kier molecular flexibility index (Phi) is 5.07. The zero-order valence-corrected chi connectivity index (χ0v) is 15.9. The second kappa shape index (κ2) is 7.83. The number of amides is 3. The van der Waals surface area contributed by atoms with E-state index in [0.717, 1.165) is 0 Å². The second-order valence-corrected chi connectivity index (χ2v) is 6.98. The Morgan fingerprint density at radius 1 is 1.00 bits per heavy atom. The van der Waals surface area contributed by atoms with Gasteiger partial charge in [-0.3, -0.25) is 14.4 Å². The van der Waals surface area contributed by atoms with E-state index in [1.165, 1.54) is 6.92 Å². The van der Waals surface area contributed by atoms with Crippen LogP contribution in [-0.4, -0.2) is 37.5 Å². The largest absolute Gasteiger partial charge is 0.486 e. The molecule has 1 atom stereocenters. The molecule has 3 amide bonds. The predicted molar refractivity (Wildman–Crippen MR) is 107 cm³/mol. The molecule has 1 saturated heterocycles. The number of benzene rings is 2. The van der Waals surface area contributed by atoms with Gasteiger partial charge in [-0.2, -0.15) is 0 Å². The predicted octanol–water partition coefficient (Wildman–Crippen LogP) is 2.41. The van der Waals surface area contributed by atoms with Gasteiger partial charge in [-0.05, 0) is 30.3 Å². The fourth-order valence-electron chi connectivity index (χ4n) is 3.45. The number of carbonyl (C=O) groups is 3. The molecule has 4 rings (SSSR count). The summed E-state index contributed by atoms with van der Waals surface area (Å²) in [4.78, 5) is 38.0. The maximum atomic E-state index is 12.7. The fraction of sp³-hybridized carbons (Fsp3) is 0.286. The quantitative estimate of drug-likeness (QED) is 0.829. The van der Waals surface area contributed by atoms with E-state index in [2.05, 4.69) is 10.6 Å². The van der Waals surface area contributed by atoms with Gasteiger partial charge in [0.1, 0.15) is 13.2 Å². The van der Waals surface area contributed by atoms with Crippen LogP contribution in [0.1, 0.15) is 13.3 Å². The average Bonchev–Trinajstić information content (AvgIpc) is 3.09. The zero-order chi connectivity index (χ0) is 20.4. The number of fused-ring (bicyclic) bond motifs is 1. The molecular formula is C21H21N3O5. The minimum atomic E-state index is -0.472. The van der Waals surface area contributed by atoms with Crippen LogP contribution in [0.5, 0.6) is 11.5 Å². The van der Waals surface area contributed by atoms with Gasteiger partial charge in [-0.1, -0.05) is 6.07 Å². The van der Waals surface area contributed by atoms with E-state index in [-0.39, 0.29) is 30.7 Å². The van der Waals surface area contributed by atoms with E-state index < -0.39 is 5.92 Å². The van der Waals surface area contributed by atoms with Crippen LogP contribution in [0.3, 0.4) is 0 Å². The van der Waals surface area contributed by atoms with Crippen LogP contribution < -0.4 is 25.0 Å². The third kappa shape index (κ3) is 4.16. The van der Waals surface area contributed by atoms with Crippen molar-refractivity contribution in [3.63, 3.8) is 0 Å². The number of anilines is 3. The minimum absolute atomic E-state index is 0.126. The van der Waals surface area contributed by atoms with Gasteiger partial charge in [-0.15, -0.1) is 0 Å². The Bertz CT molecular complexity index is 975. The van der Waals surface area contributed by atoms with Crippen LogP contribution >= 0.6 is 0 Å². The smallest absolute Gasteiger partial charge is 0.229 e. The molecule has 2 aliphatic heterocycles. The second-order valence-electron chi connectivity index (χ2n) is 6.98. The Morgan fingerprint density at radius 2 is 1.76 bits per heavy atom. The summed E-state index contributed by atoms with van der Waals surface area (Å²) in [6.07, 6.45) is 0.126. The van der Waals surface area contributed by atoms with Gasteiger partial charge in [0.2, 0.25) is 17.7 Å². The summed E-state index contributed by atoms with van der Waals surface area (Å²) in [6.45, 7) is 2.67. The van der Waals surface area contributed by atoms with E-state index in [1.54, 1.807) is 47.4 Å². The van der Waals surface area contributed by atoms with Crippen LogP contribution in [0.2, 0.25) is 0 Å². The summed E-state index contributed by atoms with van der Waals surface area (Å²) in [6, 6.07) is 12.2. The number of hydrogen-bond donors (Lipinski definition) is 2. The number of hydrogen-bond acceptors (Lipinski definition) is 5. The standard InChI is InChI=1S/C21H21N3O5/c1-13(25)22-15-3-2-4-17(10-15)24-12-14(9-20(24)26)21(27)23-16-5-6-18-19(11-16)29-8-7-28-18/h2-6,10-11,14H,7-9,12H2,1H3,(H,22,25)(H,23,27)/t14-/m1/s1. The first kappa shape index (κ1) is 18.8. The van der Waals surface area contributed by atoms with Gasteiger partial charge >= 0.3 is 0 Å². The van der Waals surface area contributed by atoms with Crippen molar-refractivity contribution in [1.82, 2.24) is 0 Å². The number of nitrogens with one attached hydrogen (secondary N) is 2. The lowest BCUT2D eigenvalue weighted by Crippen LogP contribution is -2.28. The van der Waals surface area contributed by atoms with Crippen LogP contribution in [0, 0.1) is 5.92 Å². The molecule has 29 heavy (non-hydrogen) atoms. The third-order valence-corrected chi connectivity index (χ3v) is 4.78. The molecule has 0 spiro atoms. The van der Waals surface area contributed by atoms with E-state index in [1.807, 2.05) is 0 Å². The molecule has 0 radical (unpaired) electrons. The van der Waals surface area contributed by atoms with Crippen molar-refractivity contribution >= 4 is 34.8 Å². The molecular weight excluding hydrogens is 374 g/mol. The SMILES string of the molecule is CC(=O)Nc1cccc(N2C[C@H](C(=O)Nc3ccc4c(c3)OCCO4)CC2=O)c1. The number of rotatable bonds is 4. The van der Waals surface area contributed by atoms with Crippen molar-refractivity contribution < 1.29 is 23.9 Å². The van der Waals surface area contributed by atoms with E-state index in [0.29, 0.717) is 41.8 Å². The normalized spacial score (nSPS) is 17.8. The van der Waals surface area contributed by atoms with Crippen molar-refractivity contribution in [1.29, 1.82) is 0 Å². The molecule has 150 valence electrons. The van der Waals surface area contributed by atoms with Gasteiger partial charge in [0.15, 0.2) is 11.5 Å². The molecule has 2 aromatic rings. The Morgan fingerprint density at radius 3 is 2.55 bits per heavy atom. The summed E-state index contributed by atoms with van der Waals surface area (Å²) in [7, 11) is 0. The van der Waals surface area contributed by atoms with Crippen LogP contribution in [0.25, 0.3) is 0 Å². The van der Waals surface area contributed by atoms with Crippen molar-refractivity contribution in [3.8, 4) is 11.5 Å². The molecule has 0 bridgehead atoms. The van der Waals surface area contributed by atoms with Gasteiger partial charge in [0.25, 0.3) is 0 Å². The monoisotopic (exact) mass is 395 g/mol. The Labute approximate surface area is 167 Å². The topological polar surface area (TPSA) is 97.0 Å². The lowest BCUT2D eigenvalue weighted by Gasteiger charge is -2.20. The first-order valence-electron chi connectivity index (χ1n) is 9.38. The van der Waals surface area contributed by atoms with Crippen molar-refractivity contribution in [3.05, 3.63) is 42.5 Å². The molecule has 0 aliphatic carbocycles. The maximum absolute atomic E-state index is 12.7. The van der Waals surface area contributed by atoms with E-state index in [4.69, 9.17) is 9.47 Å². The lowest BCUT2D eigenvalue weighted by atomic mass is 10.1. The summed E-state index contributed by atoms with van der Waals surface area (Å²) < 4.78 is 11.0. The average molecular weight is 395 g/mol. The molecule has 8 heteroatoms. The zero-order valence-electron chi connectivity index (χ0n) is 15.9. The molecule has 2 heterocycles. The summed E-state index contributed by atoms with van der Waals surface area (Å²) in [5.74, 6) is 0.220. The highest BCUT2D eigenvalue weighted by atomic mass is 16.6. The highest BCUT2D eigenvalue weighted by Crippen LogP contribution is 2.33. The van der Waals surface area contributed by atoms with Crippen LogP contribution in [0.4, 0.5) is 17.1 Å². The molecule has 8 nitrogen and oxygen atoms in total. The first-order chi connectivity index (χ1) is 14.0. The fourth-order valence-corrected chi connectivity index (χ4v) is 3.45. The minimum Gasteiger partial charge on any atom is -0.486 e. The summed E-state index contributed by atoms with van der Waals surface area (Å²) in [5.41, 5.74) is 1.85. The molecule has 2 aliphatic rings. The van der Waals surface area contributed by atoms with Crippen LogP contribution in [0.15, 0.2) is 42.5 Å². The molecule has 0 saturated carbocycles. The van der Waals surface area contributed by atoms with E-state index in [9.17, 15) is 14.4 Å². The molecule has 2 aromatic carbocycles. The number of carbonyl (C=O) groups excluding carboxylic acids is 3. The third-order valence-electron chi connectivity index (χ3n) is 4.78. The highest BCUT2D eigenvalue weighted by molar-refractivity contribution is 6.04. The summed E-state index contributed by atoms with van der Waals surface area (Å²) >= 11 is 0. The Balaban J connectivity index is 1.44. The molecule has 2 N–H and O–H groups in total. The van der Waals surface area contributed by atoms with Gasteiger partial charge < -0.3 is 25.0 Å². The van der Waals surface area contributed by atoms with E-state index >= 15 is 0 Å². The van der Waals surface area contributed by atoms with Gasteiger partial charge in [0, 0.05) is 43.0 Å².